The molecule has 0 aliphatic carbocycles. The average molecular weight is 354 g/mol. The number of hydrogen-bond acceptors (Lipinski definition) is 2. The minimum atomic E-state index is -0.236. The van der Waals surface area contributed by atoms with Gasteiger partial charge >= 0.3 is 0 Å². The minimum Gasteiger partial charge on any atom is -0.341 e. The second kappa shape index (κ2) is 8.95. The maximum atomic E-state index is 13.0. The van der Waals surface area contributed by atoms with Crippen LogP contribution in [0.4, 0.5) is 4.39 Å². The molecule has 1 heterocycles. The smallest absolute Gasteiger partial charge is 0.222 e. The summed E-state index contributed by atoms with van der Waals surface area (Å²) in [6, 6.07) is 17.3. The van der Waals surface area contributed by atoms with Crippen LogP contribution in [0.1, 0.15) is 30.4 Å². The van der Waals surface area contributed by atoms with Crippen molar-refractivity contribution in [1.82, 2.24) is 9.80 Å². The Labute approximate surface area is 155 Å². The van der Waals surface area contributed by atoms with Crippen molar-refractivity contribution in [2.45, 2.75) is 38.3 Å². The molecule has 0 N–H and O–H groups in total. The molecule has 0 bridgehead atoms. The minimum absolute atomic E-state index is 0.201. The first kappa shape index (κ1) is 18.6. The molecule has 0 saturated carbocycles. The zero-order valence-electron chi connectivity index (χ0n) is 15.4. The maximum Gasteiger partial charge on any atom is 0.222 e. The van der Waals surface area contributed by atoms with Crippen LogP contribution in [0.3, 0.4) is 0 Å². The van der Waals surface area contributed by atoms with Crippen LogP contribution in [0.15, 0.2) is 54.6 Å². The normalized spacial score (nSPS) is 17.5. The zero-order chi connectivity index (χ0) is 18.4. The first-order valence-electron chi connectivity index (χ1n) is 9.38. The number of halogens is 1. The number of amides is 1. The van der Waals surface area contributed by atoms with Gasteiger partial charge in [0, 0.05) is 32.1 Å². The van der Waals surface area contributed by atoms with E-state index >= 15 is 0 Å². The third-order valence-electron chi connectivity index (χ3n) is 5.19. The Morgan fingerprint density at radius 1 is 1.12 bits per heavy atom. The van der Waals surface area contributed by atoms with Gasteiger partial charge in [-0.1, -0.05) is 42.5 Å². The number of likely N-dealkylation sites (N-methyl/N-ethyl adjacent to an activating group) is 1. The predicted octanol–water partition coefficient (Wildman–Crippen LogP) is 3.88. The highest BCUT2D eigenvalue weighted by molar-refractivity contribution is 5.76. The highest BCUT2D eigenvalue weighted by Gasteiger charge is 2.26. The maximum absolute atomic E-state index is 13.0. The molecule has 1 aliphatic heterocycles. The second-order valence-electron chi connectivity index (χ2n) is 7.16. The third kappa shape index (κ3) is 5.15. The zero-order valence-corrected chi connectivity index (χ0v) is 15.4. The van der Waals surface area contributed by atoms with E-state index in [1.165, 1.54) is 17.7 Å². The number of aryl methyl sites for hydroxylation is 1. The molecule has 2 aromatic rings. The van der Waals surface area contributed by atoms with Crippen LogP contribution in [-0.4, -0.2) is 41.9 Å². The van der Waals surface area contributed by atoms with Gasteiger partial charge in [0.2, 0.25) is 5.91 Å². The molecule has 0 radical (unpaired) electrons. The number of benzene rings is 2. The third-order valence-corrected chi connectivity index (χ3v) is 5.19. The molecule has 1 fully saturated rings. The van der Waals surface area contributed by atoms with Crippen molar-refractivity contribution in [3.8, 4) is 0 Å². The summed E-state index contributed by atoms with van der Waals surface area (Å²) in [5.41, 5.74) is 2.31. The summed E-state index contributed by atoms with van der Waals surface area (Å²) in [7, 11) is 2.14. The Morgan fingerprint density at radius 2 is 1.85 bits per heavy atom. The van der Waals surface area contributed by atoms with Gasteiger partial charge in [-0.05, 0) is 49.6 Å². The van der Waals surface area contributed by atoms with Crippen LogP contribution >= 0.6 is 0 Å². The number of piperidine rings is 1. The molecule has 1 amide bonds. The van der Waals surface area contributed by atoms with Crippen molar-refractivity contribution in [3.05, 3.63) is 71.5 Å². The number of carbonyl (C=O) groups is 1. The van der Waals surface area contributed by atoms with Crippen LogP contribution in [0, 0.1) is 5.82 Å². The van der Waals surface area contributed by atoms with Crippen molar-refractivity contribution >= 4 is 5.91 Å². The molecule has 1 atom stereocenters. The summed E-state index contributed by atoms with van der Waals surface area (Å²) in [6.07, 6.45) is 3.33. The van der Waals surface area contributed by atoms with Crippen molar-refractivity contribution in [3.63, 3.8) is 0 Å². The first-order valence-corrected chi connectivity index (χ1v) is 9.38. The Bertz CT molecular complexity index is 702. The van der Waals surface area contributed by atoms with Crippen molar-refractivity contribution in [2.24, 2.45) is 0 Å². The Balaban J connectivity index is 1.50. The summed E-state index contributed by atoms with van der Waals surface area (Å²) in [5, 5.41) is 0. The summed E-state index contributed by atoms with van der Waals surface area (Å²) >= 11 is 0. The van der Waals surface area contributed by atoms with Crippen LogP contribution in [0.5, 0.6) is 0 Å². The van der Waals surface area contributed by atoms with Crippen LogP contribution in [0.25, 0.3) is 0 Å². The first-order chi connectivity index (χ1) is 12.6. The number of nitrogens with zero attached hydrogens (tertiary/aromatic N) is 2. The standard InChI is InChI=1S/C22H27FN2O/c1-24(16-19-6-3-2-4-7-19)21-8-5-15-25(17-21)22(26)14-11-18-9-12-20(23)13-10-18/h2-4,6-7,9-10,12-13,21H,5,8,11,14-17H2,1H3/t21-/m1/s1. The lowest BCUT2D eigenvalue weighted by atomic mass is 10.0. The average Bonchev–Trinajstić information content (AvgIpc) is 2.68. The number of hydrogen-bond donors (Lipinski definition) is 0. The van der Waals surface area contributed by atoms with E-state index in [0.29, 0.717) is 18.9 Å². The Kier molecular flexibility index (Phi) is 6.40. The van der Waals surface area contributed by atoms with Crippen LogP contribution < -0.4 is 0 Å². The van der Waals surface area contributed by atoms with Gasteiger partial charge in [0.25, 0.3) is 0 Å². The molecular formula is C22H27FN2O. The molecule has 0 spiro atoms. The van der Waals surface area contributed by atoms with Gasteiger partial charge in [-0.15, -0.1) is 0 Å². The van der Waals surface area contributed by atoms with Gasteiger partial charge in [0.15, 0.2) is 0 Å². The molecule has 138 valence electrons. The lowest BCUT2D eigenvalue weighted by Gasteiger charge is -2.38. The second-order valence-corrected chi connectivity index (χ2v) is 7.16. The van der Waals surface area contributed by atoms with Crippen molar-refractivity contribution in [1.29, 1.82) is 0 Å². The SMILES string of the molecule is CN(Cc1ccccc1)[C@@H]1CCCN(C(=O)CCc2ccc(F)cc2)C1. The largest absolute Gasteiger partial charge is 0.341 e. The molecule has 4 heteroatoms. The van der Waals surface area contributed by atoms with E-state index in [2.05, 4.69) is 36.2 Å². The van der Waals surface area contributed by atoms with E-state index in [-0.39, 0.29) is 11.7 Å². The summed E-state index contributed by atoms with van der Waals surface area (Å²) < 4.78 is 13.0. The van der Waals surface area contributed by atoms with Gasteiger partial charge in [-0.2, -0.15) is 0 Å². The van der Waals surface area contributed by atoms with Crippen molar-refractivity contribution in [2.75, 3.05) is 20.1 Å². The summed E-state index contributed by atoms with van der Waals surface area (Å²) in [5.74, 6) is -0.0347. The molecule has 1 saturated heterocycles. The lowest BCUT2D eigenvalue weighted by Crippen LogP contribution is -2.48. The van der Waals surface area contributed by atoms with Gasteiger partial charge < -0.3 is 4.90 Å². The molecule has 26 heavy (non-hydrogen) atoms. The topological polar surface area (TPSA) is 23.6 Å². The van der Waals surface area contributed by atoms with E-state index in [1.807, 2.05) is 11.0 Å². The molecule has 0 aromatic heterocycles. The lowest BCUT2D eigenvalue weighted by molar-refractivity contribution is -0.133. The van der Waals surface area contributed by atoms with Gasteiger partial charge in [-0.25, -0.2) is 4.39 Å². The van der Waals surface area contributed by atoms with Gasteiger partial charge in [-0.3, -0.25) is 9.69 Å². The van der Waals surface area contributed by atoms with E-state index in [0.717, 1.165) is 38.0 Å². The van der Waals surface area contributed by atoms with Gasteiger partial charge in [0.1, 0.15) is 5.82 Å². The van der Waals surface area contributed by atoms with Crippen LogP contribution in [-0.2, 0) is 17.8 Å². The summed E-state index contributed by atoms with van der Waals surface area (Å²) in [6.45, 7) is 2.55. The number of rotatable bonds is 6. The molecule has 2 aromatic carbocycles. The number of likely N-dealkylation sites (tertiary alicyclic amines) is 1. The summed E-state index contributed by atoms with van der Waals surface area (Å²) in [4.78, 5) is 17.0. The molecular weight excluding hydrogens is 327 g/mol. The fourth-order valence-corrected chi connectivity index (χ4v) is 3.60. The van der Waals surface area contributed by atoms with E-state index in [1.54, 1.807) is 12.1 Å². The van der Waals surface area contributed by atoms with E-state index in [4.69, 9.17) is 0 Å². The van der Waals surface area contributed by atoms with E-state index in [9.17, 15) is 9.18 Å². The fourth-order valence-electron chi connectivity index (χ4n) is 3.60. The van der Waals surface area contributed by atoms with Crippen LogP contribution in [0.2, 0.25) is 0 Å². The molecule has 3 rings (SSSR count). The molecule has 0 unspecified atom stereocenters. The highest BCUT2D eigenvalue weighted by atomic mass is 19.1. The fraction of sp³-hybridized carbons (Fsp3) is 0.409. The Morgan fingerprint density at radius 3 is 2.58 bits per heavy atom. The predicted molar refractivity (Wildman–Crippen MR) is 102 cm³/mol. The van der Waals surface area contributed by atoms with Gasteiger partial charge in [0.05, 0.1) is 0 Å². The molecule has 1 aliphatic rings. The van der Waals surface area contributed by atoms with Crippen molar-refractivity contribution < 1.29 is 9.18 Å². The Hall–Kier alpha value is -2.20. The monoisotopic (exact) mass is 354 g/mol. The molecule has 3 nitrogen and oxygen atoms in total. The quantitative estimate of drug-likeness (QED) is 0.786. The van der Waals surface area contributed by atoms with E-state index < -0.39 is 0 Å². The number of carbonyl (C=O) groups excluding carboxylic acids is 1. The highest BCUT2D eigenvalue weighted by Crippen LogP contribution is 2.18.